The Hall–Kier alpha value is -0.890. The number of aromatic nitrogens is 1. The highest BCUT2D eigenvalue weighted by Crippen LogP contribution is 2.20. The van der Waals surface area contributed by atoms with Gasteiger partial charge in [-0.3, -0.25) is 4.98 Å². The first-order valence-electron chi connectivity index (χ1n) is 8.93. The summed E-state index contributed by atoms with van der Waals surface area (Å²) in [7, 11) is 0. The van der Waals surface area contributed by atoms with Gasteiger partial charge >= 0.3 is 0 Å². The lowest BCUT2D eigenvalue weighted by atomic mass is 9.99. The Labute approximate surface area is 131 Å². The van der Waals surface area contributed by atoms with Crippen LogP contribution in [-0.2, 0) is 0 Å². The van der Waals surface area contributed by atoms with Crippen LogP contribution >= 0.6 is 0 Å². The monoisotopic (exact) mass is 290 g/mol. The van der Waals surface area contributed by atoms with Crippen molar-refractivity contribution in [2.24, 2.45) is 0 Å². The van der Waals surface area contributed by atoms with E-state index in [1.807, 2.05) is 6.20 Å². The fourth-order valence-corrected chi connectivity index (χ4v) is 2.90. The van der Waals surface area contributed by atoms with E-state index in [4.69, 9.17) is 0 Å². The molecule has 1 heterocycles. The van der Waals surface area contributed by atoms with Crippen molar-refractivity contribution in [2.45, 2.75) is 84.6 Å². The molecule has 0 amide bonds. The summed E-state index contributed by atoms with van der Waals surface area (Å²) in [4.78, 5) is 4.30. The summed E-state index contributed by atoms with van der Waals surface area (Å²) in [5, 5.41) is 3.62. The van der Waals surface area contributed by atoms with E-state index >= 15 is 0 Å². The zero-order valence-electron chi connectivity index (χ0n) is 14.3. The number of rotatable bonds is 12. The quantitative estimate of drug-likeness (QED) is 0.509. The highest BCUT2D eigenvalue weighted by Gasteiger charge is 2.10. The molecule has 0 aromatic carbocycles. The Bertz CT molecular complexity index is 362. The Morgan fingerprint density at radius 1 is 1.00 bits per heavy atom. The van der Waals surface area contributed by atoms with Gasteiger partial charge in [-0.2, -0.15) is 0 Å². The molecule has 0 aliphatic carbocycles. The van der Waals surface area contributed by atoms with E-state index in [-0.39, 0.29) is 0 Å². The van der Waals surface area contributed by atoms with Gasteiger partial charge in [0.15, 0.2) is 0 Å². The first-order chi connectivity index (χ1) is 10.3. The lowest BCUT2D eigenvalue weighted by Crippen LogP contribution is -2.21. The van der Waals surface area contributed by atoms with Crippen LogP contribution in [0.4, 0.5) is 0 Å². The molecule has 0 fully saturated rings. The number of nitrogens with zero attached hydrogens (tertiary/aromatic N) is 1. The van der Waals surface area contributed by atoms with Crippen molar-refractivity contribution < 1.29 is 0 Å². The summed E-state index contributed by atoms with van der Waals surface area (Å²) < 4.78 is 0. The maximum Gasteiger partial charge on any atom is 0.0375 e. The minimum Gasteiger partial charge on any atom is -0.310 e. The van der Waals surface area contributed by atoms with Crippen LogP contribution in [0.1, 0.15) is 88.9 Å². The number of nitrogens with one attached hydrogen (secondary N) is 1. The predicted octanol–water partition coefficient (Wildman–Crippen LogP) is 5.57. The number of hydrogen-bond acceptors (Lipinski definition) is 2. The molecule has 0 bridgehead atoms. The third-order valence-corrected chi connectivity index (χ3v) is 4.12. The number of hydrogen-bond donors (Lipinski definition) is 1. The number of unbranched alkanes of at least 4 members (excludes halogenated alkanes) is 7. The van der Waals surface area contributed by atoms with Crippen LogP contribution < -0.4 is 5.32 Å². The molecule has 0 saturated carbocycles. The third-order valence-electron chi connectivity index (χ3n) is 4.12. The molecule has 120 valence electrons. The summed E-state index contributed by atoms with van der Waals surface area (Å²) >= 11 is 0. The zero-order valence-corrected chi connectivity index (χ0v) is 14.3. The van der Waals surface area contributed by atoms with Crippen molar-refractivity contribution in [2.75, 3.05) is 6.54 Å². The van der Waals surface area contributed by atoms with Gasteiger partial charge in [-0.1, -0.05) is 65.2 Å². The second kappa shape index (κ2) is 11.7. The Kier molecular flexibility index (Phi) is 10.1. The van der Waals surface area contributed by atoms with Crippen LogP contribution in [0.3, 0.4) is 0 Å². The summed E-state index contributed by atoms with van der Waals surface area (Å²) in [5.41, 5.74) is 2.51. The standard InChI is InChI=1S/C19H34N2/c1-4-6-7-8-9-10-11-12-13-19(20-5-2)18-14-15-21-17(3)16-18/h14-16,19-20H,4-13H2,1-3H3. The molecule has 1 N–H and O–H groups in total. The molecule has 0 aliphatic rings. The molecular weight excluding hydrogens is 256 g/mol. The predicted molar refractivity (Wildman–Crippen MR) is 92.6 cm³/mol. The molecule has 1 atom stereocenters. The zero-order chi connectivity index (χ0) is 15.3. The Morgan fingerprint density at radius 3 is 2.29 bits per heavy atom. The number of aryl methyl sites for hydroxylation is 1. The van der Waals surface area contributed by atoms with Crippen molar-refractivity contribution in [1.29, 1.82) is 0 Å². The smallest absolute Gasteiger partial charge is 0.0375 e. The highest BCUT2D eigenvalue weighted by atomic mass is 14.9. The van der Waals surface area contributed by atoms with Crippen LogP contribution in [0.5, 0.6) is 0 Å². The van der Waals surface area contributed by atoms with Gasteiger partial charge in [-0.15, -0.1) is 0 Å². The van der Waals surface area contributed by atoms with Gasteiger partial charge in [0, 0.05) is 17.9 Å². The van der Waals surface area contributed by atoms with E-state index in [1.165, 1.54) is 63.4 Å². The van der Waals surface area contributed by atoms with Crippen LogP contribution in [0.15, 0.2) is 18.3 Å². The van der Waals surface area contributed by atoms with Crippen LogP contribution in [0.2, 0.25) is 0 Å². The lowest BCUT2D eigenvalue weighted by molar-refractivity contribution is 0.474. The molecule has 0 aliphatic heterocycles. The molecule has 2 heteroatoms. The van der Waals surface area contributed by atoms with Crippen molar-refractivity contribution in [3.63, 3.8) is 0 Å². The normalized spacial score (nSPS) is 12.5. The van der Waals surface area contributed by atoms with Gasteiger partial charge in [0.2, 0.25) is 0 Å². The van der Waals surface area contributed by atoms with Crippen LogP contribution in [0, 0.1) is 6.92 Å². The molecule has 0 radical (unpaired) electrons. The Balaban J connectivity index is 2.23. The van der Waals surface area contributed by atoms with Crippen molar-refractivity contribution >= 4 is 0 Å². The first-order valence-corrected chi connectivity index (χ1v) is 8.93. The molecule has 0 spiro atoms. The van der Waals surface area contributed by atoms with Crippen molar-refractivity contribution in [1.82, 2.24) is 10.3 Å². The summed E-state index contributed by atoms with van der Waals surface area (Å²) in [6.45, 7) is 7.57. The lowest BCUT2D eigenvalue weighted by Gasteiger charge is -2.18. The maximum absolute atomic E-state index is 4.30. The fourth-order valence-electron chi connectivity index (χ4n) is 2.90. The van der Waals surface area contributed by atoms with E-state index in [0.29, 0.717) is 6.04 Å². The summed E-state index contributed by atoms with van der Waals surface area (Å²) in [6.07, 6.45) is 14.3. The van der Waals surface area contributed by atoms with E-state index in [9.17, 15) is 0 Å². The average molecular weight is 290 g/mol. The van der Waals surface area contributed by atoms with Gasteiger partial charge in [0.25, 0.3) is 0 Å². The van der Waals surface area contributed by atoms with E-state index in [2.05, 4.69) is 43.2 Å². The van der Waals surface area contributed by atoms with E-state index in [1.54, 1.807) is 0 Å². The van der Waals surface area contributed by atoms with Gasteiger partial charge in [0.1, 0.15) is 0 Å². The van der Waals surface area contributed by atoms with Gasteiger partial charge in [-0.05, 0) is 37.6 Å². The molecule has 21 heavy (non-hydrogen) atoms. The van der Waals surface area contributed by atoms with Crippen molar-refractivity contribution in [3.05, 3.63) is 29.6 Å². The topological polar surface area (TPSA) is 24.9 Å². The van der Waals surface area contributed by atoms with E-state index < -0.39 is 0 Å². The fraction of sp³-hybridized carbons (Fsp3) is 0.737. The second-order valence-corrected chi connectivity index (χ2v) is 6.10. The largest absolute Gasteiger partial charge is 0.310 e. The molecule has 1 rings (SSSR count). The van der Waals surface area contributed by atoms with Gasteiger partial charge < -0.3 is 5.32 Å². The first kappa shape index (κ1) is 18.2. The molecule has 1 unspecified atom stereocenters. The summed E-state index contributed by atoms with van der Waals surface area (Å²) in [5.74, 6) is 0. The molecular formula is C19H34N2. The van der Waals surface area contributed by atoms with Crippen LogP contribution in [-0.4, -0.2) is 11.5 Å². The van der Waals surface area contributed by atoms with Gasteiger partial charge in [-0.25, -0.2) is 0 Å². The Morgan fingerprint density at radius 2 is 1.67 bits per heavy atom. The SMILES string of the molecule is CCCCCCCCCCC(NCC)c1ccnc(C)c1. The van der Waals surface area contributed by atoms with Crippen LogP contribution in [0.25, 0.3) is 0 Å². The van der Waals surface area contributed by atoms with Gasteiger partial charge in [0.05, 0.1) is 0 Å². The maximum atomic E-state index is 4.30. The summed E-state index contributed by atoms with van der Waals surface area (Å²) in [6, 6.07) is 4.88. The molecule has 1 aromatic rings. The molecule has 0 saturated heterocycles. The minimum absolute atomic E-state index is 0.497. The average Bonchev–Trinajstić information content (AvgIpc) is 2.49. The van der Waals surface area contributed by atoms with Crippen molar-refractivity contribution in [3.8, 4) is 0 Å². The second-order valence-electron chi connectivity index (χ2n) is 6.10. The third kappa shape index (κ3) is 8.21. The number of pyridine rings is 1. The highest BCUT2D eigenvalue weighted by molar-refractivity contribution is 5.19. The molecule has 1 aromatic heterocycles. The van der Waals surface area contributed by atoms with E-state index in [0.717, 1.165) is 12.2 Å². The molecule has 2 nitrogen and oxygen atoms in total. The minimum atomic E-state index is 0.497.